The van der Waals surface area contributed by atoms with Gasteiger partial charge in [0.25, 0.3) is 5.91 Å². The van der Waals surface area contributed by atoms with Crippen molar-refractivity contribution in [1.82, 2.24) is 0 Å². The Morgan fingerprint density at radius 3 is 2.47 bits per heavy atom. The second-order valence-electron chi connectivity index (χ2n) is 9.73. The van der Waals surface area contributed by atoms with Crippen LogP contribution in [0.4, 0.5) is 5.69 Å². The zero-order valence-electron chi connectivity index (χ0n) is 21.3. The van der Waals surface area contributed by atoms with Gasteiger partial charge in [-0.05, 0) is 48.7 Å². The van der Waals surface area contributed by atoms with Crippen molar-refractivity contribution in [2.45, 2.75) is 54.1 Å². The zero-order valence-corrected chi connectivity index (χ0v) is 22.9. The molecule has 0 fully saturated rings. The highest BCUT2D eigenvalue weighted by molar-refractivity contribution is 7.96. The summed E-state index contributed by atoms with van der Waals surface area (Å²) in [6, 6.07) is 18.3. The van der Waals surface area contributed by atoms with E-state index < -0.39 is 30.7 Å². The monoisotopic (exact) mass is 553 g/mol. The highest BCUT2D eigenvalue weighted by atomic mass is 32.2. The molecule has 2 aliphatic rings. The summed E-state index contributed by atoms with van der Waals surface area (Å²) < 4.78 is 60.0. The number of unbranched alkanes of at least 4 members (excludes halogenated alkanes) is 3. The number of amides is 1. The maximum Gasteiger partial charge on any atom is 0.262 e. The summed E-state index contributed by atoms with van der Waals surface area (Å²) in [5.41, 5.74) is 2.10. The molecule has 0 spiro atoms. The van der Waals surface area contributed by atoms with Gasteiger partial charge in [0, 0.05) is 17.8 Å². The lowest BCUT2D eigenvalue weighted by molar-refractivity contribution is 0.0985. The summed E-state index contributed by atoms with van der Waals surface area (Å²) >= 11 is 0. The number of carbonyl (C=O) groups is 1. The molecule has 9 heteroatoms. The zero-order chi connectivity index (χ0) is 26.9. The van der Waals surface area contributed by atoms with E-state index in [1.807, 2.05) is 24.3 Å². The third-order valence-corrected chi connectivity index (χ3v) is 11.3. The quantitative estimate of drug-likeness (QED) is 0.340. The summed E-state index contributed by atoms with van der Waals surface area (Å²) in [5.74, 6) is -0.851. The van der Waals surface area contributed by atoms with Crippen molar-refractivity contribution in [2.75, 3.05) is 23.8 Å². The first-order valence-corrected chi connectivity index (χ1v) is 16.2. The van der Waals surface area contributed by atoms with Crippen LogP contribution in [0.2, 0.25) is 0 Å². The van der Waals surface area contributed by atoms with Crippen LogP contribution in [0.15, 0.2) is 76.5 Å². The molecule has 2 heterocycles. The van der Waals surface area contributed by atoms with Crippen LogP contribution >= 0.6 is 0 Å². The highest BCUT2D eigenvalue weighted by Crippen LogP contribution is 2.47. The number of sulfone groups is 2. The Hall–Kier alpha value is -3.17. The lowest BCUT2D eigenvalue weighted by Crippen LogP contribution is -2.30. The average molecular weight is 554 g/mol. The molecule has 0 bridgehead atoms. The van der Waals surface area contributed by atoms with Crippen LogP contribution < -0.4 is 9.64 Å². The Kier molecular flexibility index (Phi) is 7.33. The Morgan fingerprint density at radius 2 is 1.71 bits per heavy atom. The van der Waals surface area contributed by atoms with Gasteiger partial charge in [0.2, 0.25) is 0 Å². The molecule has 3 aromatic rings. The normalized spacial score (nSPS) is 17.7. The highest BCUT2D eigenvalue weighted by Gasteiger charge is 2.46. The molecule has 5 rings (SSSR count). The summed E-state index contributed by atoms with van der Waals surface area (Å²) in [6.07, 6.45) is 4.39. The van der Waals surface area contributed by atoms with Crippen molar-refractivity contribution in [2.24, 2.45) is 0 Å². The van der Waals surface area contributed by atoms with Gasteiger partial charge in [0.15, 0.2) is 19.7 Å². The van der Waals surface area contributed by atoms with Crippen LogP contribution in [0.5, 0.6) is 5.75 Å². The van der Waals surface area contributed by atoms with Crippen LogP contribution in [0.1, 0.15) is 59.3 Å². The van der Waals surface area contributed by atoms with Gasteiger partial charge in [0.1, 0.15) is 11.0 Å². The SMILES string of the molecule is CCCCCCOc1c(C(=O)N2CCc3ccccc32)ccc2c1C(S(=O)(=O)c1ccccc1)CS2(=O)=O. The van der Waals surface area contributed by atoms with Gasteiger partial charge < -0.3 is 9.64 Å². The van der Waals surface area contributed by atoms with E-state index in [0.29, 0.717) is 19.4 Å². The number of hydrogen-bond acceptors (Lipinski definition) is 6. The minimum absolute atomic E-state index is 0.0344. The fourth-order valence-corrected chi connectivity index (χ4v) is 9.60. The largest absolute Gasteiger partial charge is 0.492 e. The first-order valence-electron chi connectivity index (χ1n) is 13.0. The number of ether oxygens (including phenoxy) is 1. The lowest BCUT2D eigenvalue weighted by atomic mass is 10.0. The molecule has 1 unspecified atom stereocenters. The van der Waals surface area contributed by atoms with E-state index in [2.05, 4.69) is 6.92 Å². The van der Waals surface area contributed by atoms with E-state index in [-0.39, 0.29) is 39.2 Å². The van der Waals surface area contributed by atoms with Crippen molar-refractivity contribution in [3.05, 3.63) is 83.4 Å². The third-order valence-electron chi connectivity index (χ3n) is 7.24. The molecule has 0 saturated carbocycles. The summed E-state index contributed by atoms with van der Waals surface area (Å²) in [6.45, 7) is 2.83. The smallest absolute Gasteiger partial charge is 0.262 e. The number of carbonyl (C=O) groups excluding carboxylic acids is 1. The number of anilines is 1. The van der Waals surface area contributed by atoms with Crippen LogP contribution in [-0.2, 0) is 26.1 Å². The Morgan fingerprint density at radius 1 is 0.974 bits per heavy atom. The van der Waals surface area contributed by atoms with E-state index in [1.165, 1.54) is 24.3 Å². The van der Waals surface area contributed by atoms with Crippen molar-refractivity contribution in [3.8, 4) is 5.75 Å². The first kappa shape index (κ1) is 26.4. The number of fused-ring (bicyclic) bond motifs is 2. The minimum atomic E-state index is -4.08. The topological polar surface area (TPSA) is 97.8 Å². The van der Waals surface area contributed by atoms with E-state index >= 15 is 0 Å². The van der Waals surface area contributed by atoms with Gasteiger partial charge in [-0.25, -0.2) is 16.8 Å². The van der Waals surface area contributed by atoms with Crippen molar-refractivity contribution in [1.29, 1.82) is 0 Å². The predicted octanol–water partition coefficient (Wildman–Crippen LogP) is 5.15. The van der Waals surface area contributed by atoms with Crippen LogP contribution in [0.25, 0.3) is 0 Å². The summed E-state index contributed by atoms with van der Waals surface area (Å²) in [4.78, 5) is 15.5. The van der Waals surface area contributed by atoms with Gasteiger partial charge in [-0.15, -0.1) is 0 Å². The second-order valence-corrected chi connectivity index (χ2v) is 13.9. The summed E-state index contributed by atoms with van der Waals surface area (Å²) in [5, 5.41) is -1.37. The molecule has 1 atom stereocenters. The van der Waals surface area contributed by atoms with E-state index in [4.69, 9.17) is 4.74 Å². The minimum Gasteiger partial charge on any atom is -0.492 e. The molecule has 7 nitrogen and oxygen atoms in total. The third kappa shape index (κ3) is 4.73. The van der Waals surface area contributed by atoms with Crippen LogP contribution in [0.3, 0.4) is 0 Å². The van der Waals surface area contributed by atoms with Crippen LogP contribution in [0, 0.1) is 0 Å². The van der Waals surface area contributed by atoms with Crippen LogP contribution in [-0.4, -0.2) is 41.6 Å². The molecule has 200 valence electrons. The number of rotatable bonds is 9. The molecule has 1 amide bonds. The molecule has 0 radical (unpaired) electrons. The molecular formula is C29H31NO6S2. The summed E-state index contributed by atoms with van der Waals surface area (Å²) in [7, 11) is -7.98. The van der Waals surface area contributed by atoms with E-state index in [0.717, 1.165) is 30.5 Å². The Balaban J connectivity index is 1.63. The molecule has 0 aliphatic carbocycles. The molecule has 3 aromatic carbocycles. The van der Waals surface area contributed by atoms with Gasteiger partial charge in [-0.1, -0.05) is 62.6 Å². The Bertz CT molecular complexity index is 1570. The fourth-order valence-electron chi connectivity index (χ4n) is 5.27. The molecule has 0 saturated heterocycles. The van der Waals surface area contributed by atoms with Crippen molar-refractivity contribution < 1.29 is 26.4 Å². The van der Waals surface area contributed by atoms with Gasteiger partial charge in [-0.3, -0.25) is 4.79 Å². The van der Waals surface area contributed by atoms with E-state index in [1.54, 1.807) is 23.1 Å². The van der Waals surface area contributed by atoms with E-state index in [9.17, 15) is 21.6 Å². The number of para-hydroxylation sites is 1. The van der Waals surface area contributed by atoms with Crippen molar-refractivity contribution in [3.63, 3.8) is 0 Å². The van der Waals surface area contributed by atoms with Gasteiger partial charge in [-0.2, -0.15) is 0 Å². The number of nitrogens with zero attached hydrogens (tertiary/aromatic N) is 1. The molecule has 0 aromatic heterocycles. The molecule has 2 aliphatic heterocycles. The standard InChI is InChI=1S/C29H31NO6S2/c1-2-3-4-10-19-36-28-23(29(31)30-18-17-21-11-8-9-14-24(21)30)15-16-25-27(28)26(20-37(25,32)33)38(34,35)22-12-6-5-7-13-22/h5-9,11-16,26H,2-4,10,17-20H2,1H3. The maximum atomic E-state index is 13.9. The van der Waals surface area contributed by atoms with Gasteiger partial charge in [0.05, 0.1) is 27.7 Å². The number of benzene rings is 3. The Labute approximate surface area is 224 Å². The predicted molar refractivity (Wildman–Crippen MR) is 146 cm³/mol. The van der Waals surface area contributed by atoms with Crippen molar-refractivity contribution >= 4 is 31.3 Å². The number of hydrogen-bond donors (Lipinski definition) is 0. The fraction of sp³-hybridized carbons (Fsp3) is 0.345. The van der Waals surface area contributed by atoms with Gasteiger partial charge >= 0.3 is 0 Å². The first-order chi connectivity index (χ1) is 18.3. The lowest BCUT2D eigenvalue weighted by Gasteiger charge is -2.22. The molecular weight excluding hydrogens is 522 g/mol. The second kappa shape index (κ2) is 10.5. The maximum absolute atomic E-state index is 13.9. The molecule has 38 heavy (non-hydrogen) atoms. The average Bonchev–Trinajstić information content (AvgIpc) is 3.47. The molecule has 0 N–H and O–H groups in total.